The number of nitrogens with one attached hydrogen (secondary N) is 1. The molecule has 1 heterocycles. The predicted molar refractivity (Wildman–Crippen MR) is 43.6 cm³/mol. The molecule has 0 atom stereocenters. The lowest BCUT2D eigenvalue weighted by molar-refractivity contribution is -0.0198. The van der Waals surface area contributed by atoms with E-state index in [2.05, 4.69) is 5.48 Å². The van der Waals surface area contributed by atoms with Crippen LogP contribution in [0.2, 0.25) is 0 Å². The van der Waals surface area contributed by atoms with Gasteiger partial charge in [0.15, 0.2) is 0 Å². The molecule has 0 aliphatic carbocycles. The molecule has 1 saturated heterocycles. The Morgan fingerprint density at radius 3 is 2.27 bits per heavy atom. The molecule has 0 amide bonds. The molecule has 0 spiro atoms. The maximum Gasteiger partial charge on any atom is 0.230 e. The maximum absolute atomic E-state index is 10.3. The van der Waals surface area contributed by atoms with Crippen molar-refractivity contribution in [2.75, 3.05) is 0 Å². The number of rotatable bonds is 0. The molecule has 1 aliphatic rings. The third-order valence-corrected chi connectivity index (χ3v) is 1.86. The first-order valence-electron chi connectivity index (χ1n) is 2.90. The molecule has 0 bridgehead atoms. The van der Waals surface area contributed by atoms with E-state index < -0.39 is 15.9 Å². The molecule has 5 heteroatoms. The summed E-state index contributed by atoms with van der Waals surface area (Å²) in [6, 6.07) is 0. The van der Waals surface area contributed by atoms with E-state index in [9.17, 15) is 8.42 Å². The van der Waals surface area contributed by atoms with E-state index in [0.29, 0.717) is 6.42 Å². The van der Waals surface area contributed by atoms with Gasteiger partial charge in [-0.15, -0.1) is 0 Å². The third-order valence-electron chi connectivity index (χ3n) is 1.23. The Balaban J connectivity index is 0.000001000. The second-order valence-electron chi connectivity index (χ2n) is 2.80. The van der Waals surface area contributed by atoms with E-state index in [1.165, 1.54) is 0 Å². The second-order valence-corrected chi connectivity index (χ2v) is 3.76. The van der Waals surface area contributed by atoms with Crippen molar-refractivity contribution in [2.45, 2.75) is 33.3 Å². The summed E-state index contributed by atoms with van der Waals surface area (Å²) >= 11 is 0. The Hall–Kier alpha value is -0.390. The van der Waals surface area contributed by atoms with E-state index in [1.807, 2.05) is 13.8 Å². The van der Waals surface area contributed by atoms with Gasteiger partial charge in [0.2, 0.25) is 10.3 Å². The Labute approximate surface area is 68.0 Å². The number of hydrogen-bond donors (Lipinski definition) is 1. The van der Waals surface area contributed by atoms with E-state index in [0.717, 1.165) is 0 Å². The van der Waals surface area contributed by atoms with Crippen molar-refractivity contribution in [2.24, 2.45) is 0 Å². The van der Waals surface area contributed by atoms with Crippen molar-refractivity contribution in [1.29, 1.82) is 0 Å². The van der Waals surface area contributed by atoms with Gasteiger partial charge in [-0.1, -0.05) is 7.43 Å². The average molecular weight is 179 g/mol. The van der Waals surface area contributed by atoms with Crippen LogP contribution in [-0.2, 0) is 15.1 Å². The zero-order valence-corrected chi connectivity index (χ0v) is 6.66. The predicted octanol–water partition coefficient (Wildman–Crippen LogP) is 0.335. The maximum atomic E-state index is 10.3. The summed E-state index contributed by atoms with van der Waals surface area (Å²) in [5.74, 6) is 0. The molecule has 0 aromatic carbocycles. The Morgan fingerprint density at radius 2 is 2.09 bits per heavy atom. The van der Waals surface area contributed by atoms with Gasteiger partial charge in [0.1, 0.15) is 4.99 Å². The first-order chi connectivity index (χ1) is 4.51. The molecule has 4 nitrogen and oxygen atoms in total. The monoisotopic (exact) mass is 179 g/mol. The minimum atomic E-state index is -2.16. The highest BCUT2D eigenvalue weighted by atomic mass is 32.2. The van der Waals surface area contributed by atoms with Crippen LogP contribution in [-0.4, -0.2) is 19.0 Å². The van der Waals surface area contributed by atoms with Crippen LogP contribution in [0.25, 0.3) is 0 Å². The molecule has 1 N–H and O–H groups in total. The van der Waals surface area contributed by atoms with Crippen molar-refractivity contribution in [3.8, 4) is 0 Å². The van der Waals surface area contributed by atoms with Crippen LogP contribution in [0.1, 0.15) is 27.7 Å². The summed E-state index contributed by atoms with van der Waals surface area (Å²) in [5, 5.41) is 0. The minimum absolute atomic E-state index is 0. The van der Waals surface area contributed by atoms with Crippen molar-refractivity contribution in [3.05, 3.63) is 0 Å². The fourth-order valence-corrected chi connectivity index (χ4v) is 1.32. The zero-order valence-electron chi connectivity index (χ0n) is 5.84. The highest BCUT2D eigenvalue weighted by molar-refractivity contribution is 7.72. The fourth-order valence-electron chi connectivity index (χ4n) is 0.747. The molecule has 0 saturated carbocycles. The van der Waals surface area contributed by atoms with Crippen molar-refractivity contribution in [1.82, 2.24) is 5.48 Å². The van der Waals surface area contributed by atoms with Gasteiger partial charge >= 0.3 is 0 Å². The van der Waals surface area contributed by atoms with Crippen LogP contribution >= 0.6 is 0 Å². The normalized spacial score (nSPS) is 21.1. The largest absolute Gasteiger partial charge is 0.290 e. The molecular formula is C6H13NO3S. The second kappa shape index (κ2) is 3.34. The average Bonchev–Trinajstić information content (AvgIpc) is 2.10. The number of hydroxylamine groups is 1. The van der Waals surface area contributed by atoms with E-state index >= 15 is 0 Å². The standard InChI is InChI=1S/C5H9NO3S.CH4/c1-5(2)3-4(6-9-5)10(7)8;/h6H,3H2,1-2H3;1H4. The van der Waals surface area contributed by atoms with Crippen LogP contribution < -0.4 is 5.48 Å². The van der Waals surface area contributed by atoms with Crippen molar-refractivity contribution < 1.29 is 13.3 Å². The summed E-state index contributed by atoms with van der Waals surface area (Å²) in [5.41, 5.74) is 1.96. The quantitative estimate of drug-likeness (QED) is 0.545. The third kappa shape index (κ3) is 2.61. The molecule has 66 valence electrons. The SMILES string of the molecule is C.CC1(C)CC(=S(=O)=O)NO1. The van der Waals surface area contributed by atoms with Crippen LogP contribution in [0.4, 0.5) is 0 Å². The van der Waals surface area contributed by atoms with Crippen LogP contribution in [0.15, 0.2) is 0 Å². The molecular weight excluding hydrogens is 166 g/mol. The summed E-state index contributed by atoms with van der Waals surface area (Å²) in [7, 11) is -2.16. The summed E-state index contributed by atoms with van der Waals surface area (Å²) in [6.45, 7) is 3.64. The van der Waals surface area contributed by atoms with Crippen molar-refractivity contribution in [3.63, 3.8) is 0 Å². The lowest BCUT2D eigenvalue weighted by Gasteiger charge is -2.11. The van der Waals surface area contributed by atoms with Gasteiger partial charge in [0.05, 0.1) is 5.60 Å². The molecule has 1 aliphatic heterocycles. The fraction of sp³-hybridized carbons (Fsp3) is 0.833. The van der Waals surface area contributed by atoms with Gasteiger partial charge in [-0.25, -0.2) is 0 Å². The lowest BCUT2D eigenvalue weighted by atomic mass is 10.1. The Bertz CT molecular complexity index is 258. The van der Waals surface area contributed by atoms with E-state index in [1.54, 1.807) is 0 Å². The molecule has 0 aromatic heterocycles. The molecule has 11 heavy (non-hydrogen) atoms. The molecule has 0 unspecified atom stereocenters. The van der Waals surface area contributed by atoms with Crippen LogP contribution in [0.3, 0.4) is 0 Å². The molecule has 1 fully saturated rings. The van der Waals surface area contributed by atoms with Gasteiger partial charge in [-0.3, -0.25) is 4.84 Å². The first-order valence-corrected chi connectivity index (χ1v) is 3.98. The number of hydrogen-bond acceptors (Lipinski definition) is 3. The topological polar surface area (TPSA) is 55.4 Å². The van der Waals surface area contributed by atoms with Gasteiger partial charge in [0, 0.05) is 6.42 Å². The van der Waals surface area contributed by atoms with Gasteiger partial charge in [0.25, 0.3) is 0 Å². The van der Waals surface area contributed by atoms with E-state index in [4.69, 9.17) is 4.84 Å². The smallest absolute Gasteiger partial charge is 0.230 e. The van der Waals surface area contributed by atoms with E-state index in [-0.39, 0.29) is 12.4 Å². The summed E-state index contributed by atoms with van der Waals surface area (Å²) < 4.78 is 20.6. The lowest BCUT2D eigenvalue weighted by Crippen LogP contribution is -2.19. The molecule has 0 aromatic rings. The minimum Gasteiger partial charge on any atom is -0.290 e. The Kier molecular flexibility index (Phi) is 3.22. The van der Waals surface area contributed by atoms with Crippen molar-refractivity contribution >= 4 is 15.3 Å². The molecule has 1 rings (SSSR count). The Morgan fingerprint density at radius 1 is 1.55 bits per heavy atom. The highest BCUT2D eigenvalue weighted by Crippen LogP contribution is 2.17. The van der Waals surface area contributed by atoms with Crippen LogP contribution in [0, 0.1) is 0 Å². The van der Waals surface area contributed by atoms with Crippen LogP contribution in [0.5, 0.6) is 0 Å². The summed E-state index contributed by atoms with van der Waals surface area (Å²) in [4.78, 5) is 5.16. The zero-order chi connectivity index (χ0) is 7.78. The van der Waals surface area contributed by atoms with Gasteiger partial charge in [-0.2, -0.15) is 13.9 Å². The van der Waals surface area contributed by atoms with Gasteiger partial charge in [-0.05, 0) is 13.8 Å². The first kappa shape index (κ1) is 10.6. The highest BCUT2D eigenvalue weighted by Gasteiger charge is 2.29. The molecule has 0 radical (unpaired) electrons. The van der Waals surface area contributed by atoms with Gasteiger partial charge < -0.3 is 0 Å². The summed E-state index contributed by atoms with van der Waals surface area (Å²) in [6.07, 6.45) is 0.420.